The lowest BCUT2D eigenvalue weighted by Gasteiger charge is -2.38. The van der Waals surface area contributed by atoms with Crippen molar-refractivity contribution in [1.29, 1.82) is 0 Å². The number of esters is 1. The maximum absolute atomic E-state index is 13.6. The van der Waals surface area contributed by atoms with E-state index >= 15 is 0 Å². The van der Waals surface area contributed by atoms with Crippen molar-refractivity contribution in [2.24, 2.45) is 0 Å². The van der Waals surface area contributed by atoms with E-state index in [0.29, 0.717) is 73.1 Å². The third-order valence-corrected chi connectivity index (χ3v) is 19.7. The highest BCUT2D eigenvalue weighted by Gasteiger charge is 2.36. The van der Waals surface area contributed by atoms with Crippen LogP contribution in [0.15, 0.2) is 136 Å². The maximum atomic E-state index is 13.6. The summed E-state index contributed by atoms with van der Waals surface area (Å²) in [7, 11) is 0. The van der Waals surface area contributed by atoms with Crippen LogP contribution in [0.3, 0.4) is 0 Å². The van der Waals surface area contributed by atoms with E-state index in [-0.39, 0.29) is 48.2 Å². The second kappa shape index (κ2) is 36.7. The number of hydrogen-bond acceptors (Lipinski definition) is 11. The lowest BCUT2D eigenvalue weighted by Crippen LogP contribution is -2.54. The largest absolute Gasteiger partial charge is 0.508 e. The number of ether oxygens (including phenoxy) is 1. The molecule has 0 spiro atoms. The molecule has 7 aromatic carbocycles. The monoisotopic (exact) mass is 1350 g/mol. The molecule has 1 aromatic heterocycles. The molecule has 0 amide bonds. The van der Waals surface area contributed by atoms with Crippen LogP contribution in [0, 0.1) is 41.5 Å². The standard InChI is InChI=1S/C37H56O3.C30H33N3O6.C18H20O2/c1-7-12-16-20-29-24-31(22-18-14-9-3)36(39)33(26-29)28(6)34-27-30(21-17-13-8-2)25-32(23-19-15-10-4)37(34)40-35(38)11-5;1-16-7-22(8-17(2)25(16)34)13-31-28(37)32(14-23-9-18(3)26(35)19(4)10-23)30(39)33(29(31)38)15-24-11-20(5)27(36)21(6)12-24;19-16-8-4-14(5-9-16)18(12-2-1-3-13-18)15-6-10-17(20)11-7-15/h11,24-28,39H,5,7-10,12-23H2,1-4,6H3;7-12,34-36H,13-15H2,1-6H3;4-11,19-20H,1-3,12-13H2. The summed E-state index contributed by atoms with van der Waals surface area (Å²) in [6.07, 6.45) is 24.8. The van der Waals surface area contributed by atoms with Crippen LogP contribution in [-0.4, -0.2) is 50.3 Å². The van der Waals surface area contributed by atoms with Gasteiger partial charge in [0.25, 0.3) is 0 Å². The molecule has 530 valence electrons. The lowest BCUT2D eigenvalue weighted by atomic mass is 9.65. The number of carbonyl (C=O) groups excluding carboxylic acids is 1. The molecule has 14 heteroatoms. The van der Waals surface area contributed by atoms with E-state index < -0.39 is 23.0 Å². The van der Waals surface area contributed by atoms with E-state index in [0.717, 1.165) is 126 Å². The Labute approximate surface area is 587 Å². The quantitative estimate of drug-likeness (QED) is 0.0117. The van der Waals surface area contributed by atoms with Gasteiger partial charge >= 0.3 is 23.0 Å². The van der Waals surface area contributed by atoms with E-state index in [1.54, 1.807) is 102 Å². The van der Waals surface area contributed by atoms with Gasteiger partial charge in [0.2, 0.25) is 0 Å². The van der Waals surface area contributed by atoms with Crippen molar-refractivity contribution >= 4 is 5.97 Å². The molecule has 1 aliphatic carbocycles. The average molecular weight is 1350 g/mol. The Morgan fingerprint density at radius 1 is 0.444 bits per heavy atom. The van der Waals surface area contributed by atoms with E-state index in [4.69, 9.17) is 4.74 Å². The number of carbonyl (C=O) groups is 1. The first-order chi connectivity index (χ1) is 47.4. The molecule has 8 aromatic rings. The van der Waals surface area contributed by atoms with Crippen LogP contribution in [0.25, 0.3) is 0 Å². The zero-order valence-electron chi connectivity index (χ0n) is 60.8. The van der Waals surface area contributed by atoms with Gasteiger partial charge in [0.1, 0.15) is 40.2 Å². The first-order valence-electron chi connectivity index (χ1n) is 36.1. The number of hydrogen-bond donors (Lipinski definition) is 6. The van der Waals surface area contributed by atoms with Crippen LogP contribution in [0.5, 0.6) is 40.2 Å². The van der Waals surface area contributed by atoms with Crippen molar-refractivity contribution in [2.45, 2.75) is 242 Å². The predicted molar refractivity (Wildman–Crippen MR) is 400 cm³/mol. The smallest absolute Gasteiger partial charge is 0.336 e. The van der Waals surface area contributed by atoms with E-state index in [9.17, 15) is 49.8 Å². The van der Waals surface area contributed by atoms with Gasteiger partial charge in [0.05, 0.1) is 19.6 Å². The van der Waals surface area contributed by atoms with Crippen molar-refractivity contribution in [2.75, 3.05) is 0 Å². The third-order valence-electron chi connectivity index (χ3n) is 19.7. The number of benzene rings is 7. The zero-order chi connectivity index (χ0) is 72.1. The highest BCUT2D eigenvalue weighted by molar-refractivity contribution is 5.84. The summed E-state index contributed by atoms with van der Waals surface area (Å²) in [5, 5.41) is 61.1. The highest BCUT2D eigenvalue weighted by Crippen LogP contribution is 2.46. The van der Waals surface area contributed by atoms with Crippen molar-refractivity contribution < 1.29 is 40.2 Å². The Balaban J connectivity index is 0.000000220. The number of phenols is 6. The second-order valence-electron chi connectivity index (χ2n) is 27.6. The number of unbranched alkanes of at least 4 members (excludes halogenated alkanes) is 8. The Morgan fingerprint density at radius 3 is 1.13 bits per heavy atom. The van der Waals surface area contributed by atoms with Crippen LogP contribution in [-0.2, 0) is 55.5 Å². The van der Waals surface area contributed by atoms with E-state index in [2.05, 4.69) is 65.5 Å². The van der Waals surface area contributed by atoms with E-state index in [1.165, 1.54) is 73.3 Å². The van der Waals surface area contributed by atoms with Gasteiger partial charge < -0.3 is 35.4 Å². The number of aromatic hydroxyl groups is 6. The molecular formula is C85H109N3O11. The van der Waals surface area contributed by atoms with Gasteiger partial charge in [0, 0.05) is 28.5 Å². The Kier molecular flexibility index (Phi) is 28.7. The Hall–Kier alpha value is -9.04. The summed E-state index contributed by atoms with van der Waals surface area (Å²) >= 11 is 0. The van der Waals surface area contributed by atoms with Crippen molar-refractivity contribution in [3.63, 3.8) is 0 Å². The topological polar surface area (TPSA) is 214 Å². The third kappa shape index (κ3) is 20.1. The van der Waals surface area contributed by atoms with Crippen LogP contribution < -0.4 is 21.8 Å². The zero-order valence-corrected chi connectivity index (χ0v) is 60.8. The van der Waals surface area contributed by atoms with Crippen LogP contribution in [0.1, 0.15) is 244 Å². The normalized spacial score (nSPS) is 12.8. The second-order valence-corrected chi connectivity index (χ2v) is 27.6. The molecule has 1 atom stereocenters. The van der Waals surface area contributed by atoms with Crippen molar-refractivity contribution in [1.82, 2.24) is 13.7 Å². The molecule has 0 saturated heterocycles. The summed E-state index contributed by atoms with van der Waals surface area (Å²) in [5.41, 5.74) is 12.5. The molecule has 1 saturated carbocycles. The molecule has 0 bridgehead atoms. The van der Waals surface area contributed by atoms with Crippen molar-refractivity contribution in [3.05, 3.63) is 248 Å². The number of nitrogens with zero attached hydrogens (tertiary/aromatic N) is 3. The average Bonchev–Trinajstić information content (AvgIpc) is 0.785. The number of rotatable bonds is 28. The predicted octanol–water partition coefficient (Wildman–Crippen LogP) is 18.2. The fraction of sp³-hybridized carbons (Fsp3) is 0.435. The van der Waals surface area contributed by atoms with Gasteiger partial charge in [-0.2, -0.15) is 0 Å². The summed E-state index contributed by atoms with van der Waals surface area (Å²) < 4.78 is 9.06. The van der Waals surface area contributed by atoms with Gasteiger partial charge in [-0.1, -0.05) is 197 Å². The molecule has 99 heavy (non-hydrogen) atoms. The van der Waals surface area contributed by atoms with Crippen LogP contribution in [0.2, 0.25) is 0 Å². The Morgan fingerprint density at radius 2 is 0.778 bits per heavy atom. The number of aryl methyl sites for hydroxylation is 10. The number of aromatic nitrogens is 3. The number of phenolic OH excluding ortho intramolecular Hbond substituents is 6. The molecule has 1 unspecified atom stereocenters. The maximum Gasteiger partial charge on any atom is 0.336 e. The minimum atomic E-state index is -0.758. The fourth-order valence-corrected chi connectivity index (χ4v) is 14.1. The molecule has 0 aliphatic heterocycles. The summed E-state index contributed by atoms with van der Waals surface area (Å²) in [6, 6.07) is 34.4. The van der Waals surface area contributed by atoms with Gasteiger partial charge in [-0.15, -0.1) is 0 Å². The van der Waals surface area contributed by atoms with Crippen LogP contribution in [0.4, 0.5) is 0 Å². The molecule has 1 heterocycles. The summed E-state index contributed by atoms with van der Waals surface area (Å²) in [5.74, 6) is 1.58. The van der Waals surface area contributed by atoms with Crippen LogP contribution >= 0.6 is 0 Å². The first-order valence-corrected chi connectivity index (χ1v) is 36.1. The lowest BCUT2D eigenvalue weighted by molar-refractivity contribution is -0.129. The molecule has 1 fully saturated rings. The summed E-state index contributed by atoms with van der Waals surface area (Å²) in [4.78, 5) is 53.4. The minimum absolute atomic E-state index is 0.0274. The molecule has 0 radical (unpaired) electrons. The van der Waals surface area contributed by atoms with Gasteiger partial charge in [-0.05, 0) is 213 Å². The highest BCUT2D eigenvalue weighted by atomic mass is 16.5. The van der Waals surface area contributed by atoms with Gasteiger partial charge in [-0.25, -0.2) is 32.9 Å². The molecule has 9 rings (SSSR count). The molecule has 1 aliphatic rings. The molecular weight excluding hydrogens is 1240 g/mol. The van der Waals surface area contributed by atoms with Crippen molar-refractivity contribution in [3.8, 4) is 40.2 Å². The summed E-state index contributed by atoms with van der Waals surface area (Å²) in [6.45, 7) is 24.8. The minimum Gasteiger partial charge on any atom is -0.508 e. The first kappa shape index (κ1) is 77.3. The van der Waals surface area contributed by atoms with Gasteiger partial charge in [-0.3, -0.25) is 0 Å². The molecule has 14 nitrogen and oxygen atoms in total. The molecule has 6 N–H and O–H groups in total. The Bertz CT molecular complexity index is 3870. The van der Waals surface area contributed by atoms with E-state index in [1.807, 2.05) is 24.3 Å². The SMILES string of the molecule is C=CC(=O)Oc1c(CCCCC)cc(CCCCC)cc1C(C)c1cc(CCCCC)cc(CCCCC)c1O.Cc1cc(Cn2c(=O)n(Cc3cc(C)c(O)c(C)c3)c(=O)n(Cc3cc(C)c(O)c(C)c3)c2=O)cc(C)c1O.Oc1ccc(C2(c3ccc(O)cc3)CCCCC2)cc1. The van der Waals surface area contributed by atoms with Gasteiger partial charge in [0.15, 0.2) is 0 Å². The fourth-order valence-electron chi connectivity index (χ4n) is 14.1.